The Morgan fingerprint density at radius 2 is 1.39 bits per heavy atom. The summed E-state index contributed by atoms with van der Waals surface area (Å²) in [6.07, 6.45) is 3.52. The molecule has 4 aromatic rings. The SMILES string of the molecule is c1ccc(-c2nc(-c3cccnc3)nn2-c2ccccc2)cc1. The predicted octanol–water partition coefficient (Wildman–Crippen LogP) is 4.00. The molecule has 23 heavy (non-hydrogen) atoms. The predicted molar refractivity (Wildman–Crippen MR) is 90.0 cm³/mol. The summed E-state index contributed by atoms with van der Waals surface area (Å²) in [5.41, 5.74) is 2.91. The van der Waals surface area contributed by atoms with Crippen LogP contribution in [0.1, 0.15) is 0 Å². The summed E-state index contributed by atoms with van der Waals surface area (Å²) in [7, 11) is 0. The first-order valence-corrected chi connectivity index (χ1v) is 7.40. The van der Waals surface area contributed by atoms with Crippen LogP contribution < -0.4 is 0 Å². The highest BCUT2D eigenvalue weighted by Crippen LogP contribution is 2.24. The fourth-order valence-corrected chi connectivity index (χ4v) is 2.45. The first-order chi connectivity index (χ1) is 11.4. The zero-order chi connectivity index (χ0) is 15.5. The lowest BCUT2D eigenvalue weighted by Gasteiger charge is -2.05. The van der Waals surface area contributed by atoms with E-state index in [9.17, 15) is 0 Å². The summed E-state index contributed by atoms with van der Waals surface area (Å²) in [6, 6.07) is 24.0. The second-order valence-electron chi connectivity index (χ2n) is 5.11. The highest BCUT2D eigenvalue weighted by atomic mass is 15.4. The van der Waals surface area contributed by atoms with Crippen LogP contribution in [0, 0.1) is 0 Å². The third kappa shape index (κ3) is 2.62. The Morgan fingerprint density at radius 1 is 0.696 bits per heavy atom. The van der Waals surface area contributed by atoms with Crippen LogP contribution >= 0.6 is 0 Å². The zero-order valence-corrected chi connectivity index (χ0v) is 12.4. The van der Waals surface area contributed by atoms with Crippen LogP contribution in [-0.2, 0) is 0 Å². The normalized spacial score (nSPS) is 10.6. The van der Waals surface area contributed by atoms with Gasteiger partial charge in [0.25, 0.3) is 0 Å². The minimum absolute atomic E-state index is 0.667. The number of aromatic nitrogens is 4. The first-order valence-electron chi connectivity index (χ1n) is 7.40. The van der Waals surface area contributed by atoms with Gasteiger partial charge in [-0.3, -0.25) is 4.98 Å². The Balaban J connectivity index is 1.91. The van der Waals surface area contributed by atoms with Gasteiger partial charge >= 0.3 is 0 Å². The molecule has 0 bridgehead atoms. The molecule has 2 heterocycles. The Morgan fingerprint density at radius 3 is 2.09 bits per heavy atom. The quantitative estimate of drug-likeness (QED) is 0.574. The van der Waals surface area contributed by atoms with Crippen LogP contribution in [0.2, 0.25) is 0 Å². The van der Waals surface area contributed by atoms with E-state index >= 15 is 0 Å². The molecule has 4 nitrogen and oxygen atoms in total. The largest absolute Gasteiger partial charge is 0.264 e. The number of nitrogens with zero attached hydrogens (tertiary/aromatic N) is 4. The summed E-state index contributed by atoms with van der Waals surface area (Å²) < 4.78 is 1.87. The van der Waals surface area contributed by atoms with E-state index in [1.165, 1.54) is 0 Å². The van der Waals surface area contributed by atoms with E-state index in [4.69, 9.17) is 10.1 Å². The number of para-hydroxylation sites is 1. The second kappa shape index (κ2) is 5.85. The Hall–Kier alpha value is -3.27. The molecule has 0 atom stereocenters. The minimum Gasteiger partial charge on any atom is -0.264 e. The lowest BCUT2D eigenvalue weighted by molar-refractivity contribution is 0.890. The van der Waals surface area contributed by atoms with Crippen molar-refractivity contribution in [3.63, 3.8) is 0 Å². The van der Waals surface area contributed by atoms with Gasteiger partial charge in [-0.2, -0.15) is 0 Å². The highest BCUT2D eigenvalue weighted by Gasteiger charge is 2.14. The lowest BCUT2D eigenvalue weighted by Crippen LogP contribution is -1.99. The fraction of sp³-hybridized carbons (Fsp3) is 0. The molecule has 0 unspecified atom stereocenters. The van der Waals surface area contributed by atoms with Crippen molar-refractivity contribution in [2.75, 3.05) is 0 Å². The van der Waals surface area contributed by atoms with Crippen LogP contribution in [0.4, 0.5) is 0 Å². The first kappa shape index (κ1) is 13.4. The molecule has 0 N–H and O–H groups in total. The lowest BCUT2D eigenvalue weighted by atomic mass is 10.2. The van der Waals surface area contributed by atoms with Crippen LogP contribution in [0.25, 0.3) is 28.5 Å². The second-order valence-corrected chi connectivity index (χ2v) is 5.11. The van der Waals surface area contributed by atoms with E-state index < -0.39 is 0 Å². The Bertz CT molecular complexity index is 843. The molecule has 110 valence electrons. The van der Waals surface area contributed by atoms with Gasteiger partial charge in [-0.15, -0.1) is 5.10 Å². The molecule has 4 heteroatoms. The molecule has 0 radical (unpaired) electrons. The number of hydrogen-bond acceptors (Lipinski definition) is 3. The van der Waals surface area contributed by atoms with Gasteiger partial charge in [0.05, 0.1) is 5.69 Å². The minimum atomic E-state index is 0.667. The van der Waals surface area contributed by atoms with Crippen LogP contribution in [0.15, 0.2) is 85.2 Å². The van der Waals surface area contributed by atoms with E-state index in [1.54, 1.807) is 12.4 Å². The summed E-state index contributed by atoms with van der Waals surface area (Å²) >= 11 is 0. The molecule has 2 aromatic carbocycles. The number of hydrogen-bond donors (Lipinski definition) is 0. The Labute approximate surface area is 134 Å². The molecule has 2 aromatic heterocycles. The van der Waals surface area contributed by atoms with Crippen molar-refractivity contribution in [2.24, 2.45) is 0 Å². The van der Waals surface area contributed by atoms with Gasteiger partial charge in [0.1, 0.15) is 0 Å². The average Bonchev–Trinajstić information content (AvgIpc) is 3.09. The molecule has 0 saturated heterocycles. The molecule has 0 saturated carbocycles. The van der Waals surface area contributed by atoms with Crippen molar-refractivity contribution in [3.05, 3.63) is 85.2 Å². The maximum atomic E-state index is 4.74. The fourth-order valence-electron chi connectivity index (χ4n) is 2.45. The van der Waals surface area contributed by atoms with Gasteiger partial charge in [-0.05, 0) is 24.3 Å². The van der Waals surface area contributed by atoms with E-state index in [1.807, 2.05) is 77.5 Å². The summed E-state index contributed by atoms with van der Waals surface area (Å²) in [5, 5.41) is 4.69. The molecule has 4 rings (SSSR count). The summed E-state index contributed by atoms with van der Waals surface area (Å²) in [6.45, 7) is 0. The van der Waals surface area contributed by atoms with Crippen LogP contribution in [0.3, 0.4) is 0 Å². The molecule has 0 spiro atoms. The van der Waals surface area contributed by atoms with Crippen molar-refractivity contribution < 1.29 is 0 Å². The monoisotopic (exact) mass is 298 g/mol. The zero-order valence-electron chi connectivity index (χ0n) is 12.4. The molecular weight excluding hydrogens is 284 g/mol. The van der Waals surface area contributed by atoms with Crippen molar-refractivity contribution in [3.8, 4) is 28.5 Å². The van der Waals surface area contributed by atoms with Crippen molar-refractivity contribution >= 4 is 0 Å². The van der Waals surface area contributed by atoms with Crippen molar-refractivity contribution in [2.45, 2.75) is 0 Å². The summed E-state index contributed by atoms with van der Waals surface area (Å²) in [4.78, 5) is 8.90. The van der Waals surface area contributed by atoms with E-state index in [2.05, 4.69) is 4.98 Å². The molecule has 0 fully saturated rings. The average molecular weight is 298 g/mol. The maximum Gasteiger partial charge on any atom is 0.183 e. The third-order valence-corrected chi connectivity index (χ3v) is 3.56. The van der Waals surface area contributed by atoms with E-state index in [0.29, 0.717) is 5.82 Å². The smallest absolute Gasteiger partial charge is 0.183 e. The van der Waals surface area contributed by atoms with E-state index in [-0.39, 0.29) is 0 Å². The summed E-state index contributed by atoms with van der Waals surface area (Å²) in [5.74, 6) is 1.48. The van der Waals surface area contributed by atoms with Crippen LogP contribution in [-0.4, -0.2) is 19.7 Å². The molecule has 0 aliphatic heterocycles. The van der Waals surface area contributed by atoms with Gasteiger partial charge in [0, 0.05) is 23.5 Å². The maximum absolute atomic E-state index is 4.74. The van der Waals surface area contributed by atoms with Gasteiger partial charge in [0.15, 0.2) is 11.6 Å². The molecule has 0 aliphatic carbocycles. The van der Waals surface area contributed by atoms with Crippen molar-refractivity contribution in [1.29, 1.82) is 0 Å². The standard InChI is InChI=1S/C19H14N4/c1-3-8-15(9-4-1)19-21-18(16-10-7-13-20-14-16)22-23(19)17-11-5-2-6-12-17/h1-14H. The van der Waals surface area contributed by atoms with Crippen molar-refractivity contribution in [1.82, 2.24) is 19.7 Å². The van der Waals surface area contributed by atoms with Crippen LogP contribution in [0.5, 0.6) is 0 Å². The number of rotatable bonds is 3. The number of pyridine rings is 1. The van der Waals surface area contributed by atoms with Gasteiger partial charge in [-0.25, -0.2) is 9.67 Å². The van der Waals surface area contributed by atoms with Gasteiger partial charge in [0.2, 0.25) is 0 Å². The molecule has 0 aliphatic rings. The molecule has 0 amide bonds. The third-order valence-electron chi connectivity index (χ3n) is 3.56. The Kier molecular flexibility index (Phi) is 3.41. The topological polar surface area (TPSA) is 43.6 Å². The highest BCUT2D eigenvalue weighted by molar-refractivity contribution is 5.63. The number of benzene rings is 2. The van der Waals surface area contributed by atoms with Gasteiger partial charge in [-0.1, -0.05) is 48.5 Å². The van der Waals surface area contributed by atoms with Gasteiger partial charge < -0.3 is 0 Å². The van der Waals surface area contributed by atoms with E-state index in [0.717, 1.165) is 22.6 Å². The molecular formula is C19H14N4.